The smallest absolute Gasteiger partial charge is 0.0841 e. The van der Waals surface area contributed by atoms with Crippen molar-refractivity contribution in [2.75, 3.05) is 0 Å². The summed E-state index contributed by atoms with van der Waals surface area (Å²) in [5, 5.41) is 0. The number of hydrogen-bond acceptors (Lipinski definition) is 1. The first-order valence-corrected chi connectivity index (χ1v) is 9.04. The van der Waals surface area contributed by atoms with Crippen LogP contribution in [0.5, 0.6) is 0 Å². The van der Waals surface area contributed by atoms with Crippen LogP contribution in [-0.4, -0.2) is 12.2 Å². The highest BCUT2D eigenvalue weighted by Crippen LogP contribution is 2.31. The van der Waals surface area contributed by atoms with Gasteiger partial charge in [-0.2, -0.15) is 0 Å². The predicted molar refractivity (Wildman–Crippen MR) is 89.2 cm³/mol. The number of unbranched alkanes of at least 4 members (excludes halogenated alkanes) is 8. The lowest BCUT2D eigenvalue weighted by molar-refractivity contribution is 0.348. The van der Waals surface area contributed by atoms with Gasteiger partial charge in [0.1, 0.15) is 0 Å². The molecule has 118 valence electrons. The van der Waals surface area contributed by atoms with Crippen LogP contribution >= 0.6 is 0 Å². The number of ether oxygens (including phenoxy) is 1. The van der Waals surface area contributed by atoms with Gasteiger partial charge in [0, 0.05) is 0 Å². The monoisotopic (exact) mass is 280 g/mol. The largest absolute Gasteiger partial charge is 0.370 e. The second-order valence-electron chi connectivity index (χ2n) is 6.68. The molecule has 0 aromatic carbocycles. The molecule has 0 aromatic heterocycles. The third kappa shape index (κ3) is 9.58. The van der Waals surface area contributed by atoms with Crippen molar-refractivity contribution in [3.63, 3.8) is 0 Å². The molecular weight excluding hydrogens is 244 g/mol. The van der Waals surface area contributed by atoms with Crippen LogP contribution in [0, 0.1) is 0 Å². The highest BCUT2D eigenvalue weighted by molar-refractivity contribution is 4.88. The van der Waals surface area contributed by atoms with Crippen LogP contribution in [0.25, 0.3) is 0 Å². The summed E-state index contributed by atoms with van der Waals surface area (Å²) in [5.41, 5.74) is 1.32. The summed E-state index contributed by atoms with van der Waals surface area (Å²) in [6.07, 6.45) is 18.9. The van der Waals surface area contributed by atoms with E-state index < -0.39 is 0 Å². The van der Waals surface area contributed by atoms with E-state index in [9.17, 15) is 0 Å². The van der Waals surface area contributed by atoms with Crippen LogP contribution in [0.15, 0.2) is 12.2 Å². The molecule has 1 nitrogen and oxygen atoms in total. The maximum Gasteiger partial charge on any atom is 0.0841 e. The van der Waals surface area contributed by atoms with Gasteiger partial charge in [-0.3, -0.25) is 0 Å². The summed E-state index contributed by atoms with van der Waals surface area (Å²) >= 11 is 0. The van der Waals surface area contributed by atoms with Crippen LogP contribution in [0.3, 0.4) is 0 Å². The topological polar surface area (TPSA) is 12.5 Å². The van der Waals surface area contributed by atoms with Gasteiger partial charge in [-0.15, -0.1) is 6.58 Å². The third-order valence-corrected chi connectivity index (χ3v) is 4.37. The van der Waals surface area contributed by atoms with Crippen LogP contribution in [0.2, 0.25) is 0 Å². The van der Waals surface area contributed by atoms with Crippen molar-refractivity contribution in [2.24, 2.45) is 0 Å². The van der Waals surface area contributed by atoms with Crippen molar-refractivity contribution in [3.05, 3.63) is 12.2 Å². The summed E-state index contributed by atoms with van der Waals surface area (Å²) in [7, 11) is 0. The van der Waals surface area contributed by atoms with Crippen molar-refractivity contribution in [3.8, 4) is 0 Å². The molecule has 20 heavy (non-hydrogen) atoms. The van der Waals surface area contributed by atoms with Crippen molar-refractivity contribution >= 4 is 0 Å². The van der Waals surface area contributed by atoms with Gasteiger partial charge in [0.25, 0.3) is 0 Å². The maximum absolute atomic E-state index is 5.76. The van der Waals surface area contributed by atoms with Crippen LogP contribution in [-0.2, 0) is 4.74 Å². The first-order valence-electron chi connectivity index (χ1n) is 9.04. The molecule has 1 heteroatoms. The van der Waals surface area contributed by atoms with Crippen LogP contribution in [0.4, 0.5) is 0 Å². The van der Waals surface area contributed by atoms with E-state index >= 15 is 0 Å². The van der Waals surface area contributed by atoms with E-state index in [2.05, 4.69) is 20.4 Å². The van der Waals surface area contributed by atoms with Gasteiger partial charge in [0.15, 0.2) is 0 Å². The second kappa shape index (κ2) is 11.4. The number of epoxide rings is 1. The van der Waals surface area contributed by atoms with E-state index in [0.29, 0.717) is 12.2 Å². The van der Waals surface area contributed by atoms with Gasteiger partial charge in [-0.25, -0.2) is 0 Å². The number of allylic oxidation sites excluding steroid dienone is 1. The zero-order valence-corrected chi connectivity index (χ0v) is 14.0. The van der Waals surface area contributed by atoms with E-state index in [1.807, 2.05) is 0 Å². The molecule has 1 saturated heterocycles. The highest BCUT2D eigenvalue weighted by atomic mass is 16.6. The highest BCUT2D eigenvalue weighted by Gasteiger charge is 2.36. The van der Waals surface area contributed by atoms with Gasteiger partial charge in [0.2, 0.25) is 0 Å². The lowest BCUT2D eigenvalue weighted by Crippen LogP contribution is -1.94. The van der Waals surface area contributed by atoms with Gasteiger partial charge >= 0.3 is 0 Å². The van der Waals surface area contributed by atoms with Crippen molar-refractivity contribution in [1.82, 2.24) is 0 Å². The van der Waals surface area contributed by atoms with Gasteiger partial charge in [-0.05, 0) is 32.6 Å². The molecule has 1 fully saturated rings. The minimum atomic E-state index is 0.602. The number of rotatable bonds is 14. The van der Waals surface area contributed by atoms with E-state index in [1.165, 1.54) is 89.0 Å². The van der Waals surface area contributed by atoms with E-state index in [-0.39, 0.29) is 0 Å². The Kier molecular flexibility index (Phi) is 10.1. The molecule has 0 saturated carbocycles. The molecular formula is C19H36O. The SMILES string of the molecule is C=C(C)CCCC[C@H]1OC1CCCCCCCCCC. The number of hydrogen-bond donors (Lipinski definition) is 0. The van der Waals surface area contributed by atoms with Gasteiger partial charge in [-0.1, -0.05) is 70.3 Å². The molecule has 1 heterocycles. The fourth-order valence-electron chi connectivity index (χ4n) is 2.94. The molecule has 0 bridgehead atoms. The summed E-state index contributed by atoms with van der Waals surface area (Å²) < 4.78 is 5.76. The Hall–Kier alpha value is -0.300. The molecule has 2 atom stereocenters. The molecule has 0 amide bonds. The zero-order chi connectivity index (χ0) is 14.6. The van der Waals surface area contributed by atoms with Crippen LogP contribution in [0.1, 0.15) is 97.3 Å². The first kappa shape index (κ1) is 17.8. The summed E-state index contributed by atoms with van der Waals surface area (Å²) in [6, 6.07) is 0. The molecule has 1 rings (SSSR count). The first-order chi connectivity index (χ1) is 9.74. The fraction of sp³-hybridized carbons (Fsp3) is 0.895. The van der Waals surface area contributed by atoms with Crippen molar-refractivity contribution < 1.29 is 4.74 Å². The standard InChI is InChI=1S/C19H36O/c1-4-5-6-7-8-9-10-11-15-18-19(20-18)16-13-12-14-17(2)3/h18-19H,2,4-16H2,1,3H3/t18?,19-/m1/s1. The van der Waals surface area contributed by atoms with Crippen molar-refractivity contribution in [1.29, 1.82) is 0 Å². The molecule has 0 aromatic rings. The Morgan fingerprint density at radius 1 is 0.800 bits per heavy atom. The van der Waals surface area contributed by atoms with E-state index in [1.54, 1.807) is 0 Å². The quantitative estimate of drug-likeness (QED) is 0.203. The molecule has 1 aliphatic heterocycles. The fourth-order valence-corrected chi connectivity index (χ4v) is 2.94. The Bertz CT molecular complexity index is 246. The Balaban J connectivity index is 1.77. The Morgan fingerprint density at radius 3 is 1.85 bits per heavy atom. The van der Waals surface area contributed by atoms with E-state index in [0.717, 1.165) is 0 Å². The predicted octanol–water partition coefficient (Wildman–Crippen LogP) is 6.42. The molecule has 1 aliphatic rings. The third-order valence-electron chi connectivity index (χ3n) is 4.37. The van der Waals surface area contributed by atoms with E-state index in [4.69, 9.17) is 4.74 Å². The molecule has 0 radical (unpaired) electrons. The second-order valence-corrected chi connectivity index (χ2v) is 6.68. The molecule has 1 unspecified atom stereocenters. The van der Waals surface area contributed by atoms with Crippen LogP contribution < -0.4 is 0 Å². The molecule has 0 aliphatic carbocycles. The average molecular weight is 280 g/mol. The van der Waals surface area contributed by atoms with Gasteiger partial charge in [0.05, 0.1) is 12.2 Å². The maximum atomic E-state index is 5.76. The minimum Gasteiger partial charge on any atom is -0.370 e. The normalized spacial score (nSPS) is 21.1. The summed E-state index contributed by atoms with van der Waals surface area (Å²) in [4.78, 5) is 0. The Labute approximate surface area is 127 Å². The molecule has 0 N–H and O–H groups in total. The lowest BCUT2D eigenvalue weighted by atomic mass is 10.0. The lowest BCUT2D eigenvalue weighted by Gasteiger charge is -2.01. The van der Waals surface area contributed by atoms with Crippen molar-refractivity contribution in [2.45, 2.75) is 110 Å². The zero-order valence-electron chi connectivity index (χ0n) is 14.0. The summed E-state index contributed by atoms with van der Waals surface area (Å²) in [5.74, 6) is 0. The summed E-state index contributed by atoms with van der Waals surface area (Å²) in [6.45, 7) is 8.36. The minimum absolute atomic E-state index is 0.602. The Morgan fingerprint density at radius 2 is 1.30 bits per heavy atom. The average Bonchev–Trinajstić information content (AvgIpc) is 3.16. The molecule has 0 spiro atoms. The van der Waals surface area contributed by atoms with Gasteiger partial charge < -0.3 is 4.74 Å².